The van der Waals surface area contributed by atoms with Crippen molar-refractivity contribution in [3.8, 4) is 0 Å². The minimum Gasteiger partial charge on any atom is -0.479 e. The van der Waals surface area contributed by atoms with Crippen molar-refractivity contribution in [3.05, 3.63) is 28.2 Å². The Hall–Kier alpha value is -1.81. The summed E-state index contributed by atoms with van der Waals surface area (Å²) in [6, 6.07) is 2.08. The highest BCUT2D eigenvalue weighted by molar-refractivity contribution is 9.10. The molecule has 0 radical (unpaired) electrons. The molecule has 0 aliphatic rings. The molecule has 2 amide bonds. The predicted octanol–water partition coefficient (Wildman–Crippen LogP) is 2.61. The molecule has 0 spiro atoms. The number of hydrogen-bond acceptors (Lipinski definition) is 3. The summed E-state index contributed by atoms with van der Waals surface area (Å²) in [5, 5.41) is 10.3. The molecule has 0 fully saturated rings. The van der Waals surface area contributed by atoms with Crippen molar-refractivity contribution in [2.45, 2.75) is 6.18 Å². The highest BCUT2D eigenvalue weighted by Crippen LogP contribution is 2.36. The maximum absolute atomic E-state index is 12.6. The molecule has 0 atom stereocenters. The molecular formula is C10H8BrF3N2O4. The van der Waals surface area contributed by atoms with Crippen LogP contribution < -0.4 is 10.8 Å². The van der Waals surface area contributed by atoms with E-state index >= 15 is 0 Å². The van der Waals surface area contributed by atoms with Gasteiger partial charge in [-0.1, -0.05) is 15.9 Å². The Morgan fingerprint density at radius 3 is 2.55 bits per heavy atom. The zero-order chi connectivity index (χ0) is 15.3. The number of halogens is 4. The highest BCUT2D eigenvalue weighted by Gasteiger charge is 2.33. The van der Waals surface area contributed by atoms with Gasteiger partial charge in [0.15, 0.2) is 6.61 Å². The monoisotopic (exact) mass is 356 g/mol. The summed E-state index contributed by atoms with van der Waals surface area (Å²) in [4.78, 5) is 25.6. The van der Waals surface area contributed by atoms with Crippen molar-refractivity contribution in [2.75, 3.05) is 11.9 Å². The third kappa shape index (κ3) is 5.05. The quantitative estimate of drug-likeness (QED) is 0.723. The number of carboxylic acid groups (broad SMARTS) is 1. The van der Waals surface area contributed by atoms with Crippen molar-refractivity contribution < 1.29 is 32.7 Å². The lowest BCUT2D eigenvalue weighted by Crippen LogP contribution is -2.30. The SMILES string of the molecule is O=C(O)CONC(=O)Nc1ccc(Br)c(C(F)(F)F)c1. The van der Waals surface area contributed by atoms with E-state index in [1.807, 2.05) is 0 Å². The number of aliphatic carboxylic acids is 1. The number of hydroxylamine groups is 1. The number of carbonyl (C=O) groups excluding carboxylic acids is 1. The number of benzene rings is 1. The second kappa shape index (κ2) is 6.57. The van der Waals surface area contributed by atoms with E-state index in [0.29, 0.717) is 0 Å². The number of carbonyl (C=O) groups is 2. The van der Waals surface area contributed by atoms with Gasteiger partial charge in [-0.05, 0) is 18.2 Å². The Bertz CT molecular complexity index is 522. The first-order valence-corrected chi connectivity index (χ1v) is 5.77. The van der Waals surface area contributed by atoms with Gasteiger partial charge in [-0.3, -0.25) is 4.84 Å². The fourth-order valence-electron chi connectivity index (χ4n) is 1.14. The molecule has 0 saturated heterocycles. The smallest absolute Gasteiger partial charge is 0.417 e. The first-order chi connectivity index (χ1) is 9.20. The number of nitrogens with one attached hydrogen (secondary N) is 2. The molecule has 3 N–H and O–H groups in total. The van der Waals surface area contributed by atoms with Crippen molar-refractivity contribution in [3.63, 3.8) is 0 Å². The van der Waals surface area contributed by atoms with E-state index in [1.165, 1.54) is 6.07 Å². The number of alkyl halides is 3. The van der Waals surface area contributed by atoms with Gasteiger partial charge in [0.05, 0.1) is 5.56 Å². The molecule has 0 heterocycles. The molecule has 0 aliphatic carbocycles. The molecule has 20 heavy (non-hydrogen) atoms. The largest absolute Gasteiger partial charge is 0.479 e. The third-order valence-corrected chi connectivity index (χ3v) is 2.58. The Morgan fingerprint density at radius 1 is 1.35 bits per heavy atom. The van der Waals surface area contributed by atoms with Crippen molar-refractivity contribution in [2.24, 2.45) is 0 Å². The molecular weight excluding hydrogens is 349 g/mol. The second-order valence-electron chi connectivity index (χ2n) is 3.43. The number of rotatable bonds is 4. The van der Waals surface area contributed by atoms with Crippen LogP contribution in [-0.4, -0.2) is 23.7 Å². The van der Waals surface area contributed by atoms with Gasteiger partial charge < -0.3 is 10.4 Å². The Labute approximate surface area is 119 Å². The fraction of sp³-hybridized carbons (Fsp3) is 0.200. The minimum atomic E-state index is -4.58. The van der Waals surface area contributed by atoms with Gasteiger partial charge in [0.2, 0.25) is 0 Å². The van der Waals surface area contributed by atoms with Gasteiger partial charge >= 0.3 is 18.2 Å². The zero-order valence-corrected chi connectivity index (χ0v) is 11.2. The van der Waals surface area contributed by atoms with E-state index in [9.17, 15) is 22.8 Å². The van der Waals surface area contributed by atoms with Crippen molar-refractivity contribution >= 4 is 33.6 Å². The molecule has 6 nitrogen and oxygen atoms in total. The Balaban J connectivity index is 2.69. The molecule has 0 unspecified atom stereocenters. The average Bonchev–Trinajstić information content (AvgIpc) is 2.29. The lowest BCUT2D eigenvalue weighted by atomic mass is 10.2. The first kappa shape index (κ1) is 16.2. The van der Waals surface area contributed by atoms with Crippen LogP contribution in [0.4, 0.5) is 23.7 Å². The van der Waals surface area contributed by atoms with Crippen LogP contribution in [0.3, 0.4) is 0 Å². The predicted molar refractivity (Wildman–Crippen MR) is 64.9 cm³/mol. The second-order valence-corrected chi connectivity index (χ2v) is 4.29. The zero-order valence-electron chi connectivity index (χ0n) is 9.62. The van der Waals surface area contributed by atoms with Crippen LogP contribution in [0.1, 0.15) is 5.56 Å². The Kier molecular flexibility index (Phi) is 5.34. The van der Waals surface area contributed by atoms with E-state index in [1.54, 1.807) is 5.48 Å². The van der Waals surface area contributed by atoms with Crippen LogP contribution >= 0.6 is 15.9 Å². The summed E-state index contributed by atoms with van der Waals surface area (Å²) in [5.74, 6) is -1.31. The molecule has 10 heteroatoms. The van der Waals surface area contributed by atoms with Gasteiger partial charge in [0.25, 0.3) is 0 Å². The van der Waals surface area contributed by atoms with Crippen molar-refractivity contribution in [1.29, 1.82) is 0 Å². The highest BCUT2D eigenvalue weighted by atomic mass is 79.9. The number of amides is 2. The van der Waals surface area contributed by atoms with Gasteiger partial charge in [-0.25, -0.2) is 15.1 Å². The molecule has 0 aliphatic heterocycles. The summed E-state index contributed by atoms with van der Waals surface area (Å²) in [5.41, 5.74) is 0.627. The first-order valence-electron chi connectivity index (χ1n) is 4.97. The maximum atomic E-state index is 12.6. The van der Waals surface area contributed by atoms with Crippen LogP contribution in [0.5, 0.6) is 0 Å². The number of urea groups is 1. The van der Waals surface area contributed by atoms with E-state index in [2.05, 4.69) is 26.1 Å². The van der Waals surface area contributed by atoms with E-state index in [4.69, 9.17) is 5.11 Å². The maximum Gasteiger partial charge on any atom is 0.417 e. The lowest BCUT2D eigenvalue weighted by molar-refractivity contribution is -0.144. The molecule has 0 aromatic heterocycles. The molecule has 0 saturated carbocycles. The van der Waals surface area contributed by atoms with Gasteiger partial charge in [-0.15, -0.1) is 0 Å². The number of carboxylic acids is 1. The normalized spacial score (nSPS) is 11.0. The minimum absolute atomic E-state index is 0.128. The van der Waals surface area contributed by atoms with Crippen LogP contribution in [0.15, 0.2) is 22.7 Å². The summed E-state index contributed by atoms with van der Waals surface area (Å²) in [6.07, 6.45) is -4.58. The van der Waals surface area contributed by atoms with Gasteiger partial charge in [0, 0.05) is 10.2 Å². The number of anilines is 1. The summed E-state index contributed by atoms with van der Waals surface area (Å²) < 4.78 is 37.7. The van der Waals surface area contributed by atoms with Crippen LogP contribution in [0.2, 0.25) is 0 Å². The standard InChI is InChI=1S/C10H8BrF3N2O4/c11-7-2-1-5(3-6(7)10(12,13)14)15-9(19)16-20-4-8(17)18/h1-3H,4H2,(H,17,18)(H2,15,16,19). The molecule has 110 valence electrons. The third-order valence-electron chi connectivity index (χ3n) is 1.89. The topological polar surface area (TPSA) is 87.7 Å². The van der Waals surface area contributed by atoms with Crippen LogP contribution in [-0.2, 0) is 15.8 Å². The van der Waals surface area contributed by atoms with Gasteiger partial charge in [0.1, 0.15) is 0 Å². The van der Waals surface area contributed by atoms with E-state index in [-0.39, 0.29) is 10.2 Å². The molecule has 1 aromatic carbocycles. The van der Waals surface area contributed by atoms with Gasteiger partial charge in [-0.2, -0.15) is 13.2 Å². The summed E-state index contributed by atoms with van der Waals surface area (Å²) in [6.45, 7) is -0.776. The lowest BCUT2D eigenvalue weighted by Gasteiger charge is -2.12. The molecule has 0 bridgehead atoms. The van der Waals surface area contributed by atoms with Crippen molar-refractivity contribution in [1.82, 2.24) is 5.48 Å². The molecule has 1 rings (SSSR count). The van der Waals surface area contributed by atoms with E-state index in [0.717, 1.165) is 12.1 Å². The van der Waals surface area contributed by atoms with Crippen LogP contribution in [0, 0.1) is 0 Å². The van der Waals surface area contributed by atoms with E-state index < -0.39 is 30.3 Å². The average molecular weight is 357 g/mol. The Morgan fingerprint density at radius 2 is 2.00 bits per heavy atom. The van der Waals surface area contributed by atoms with Crippen LogP contribution in [0.25, 0.3) is 0 Å². The fourth-order valence-corrected chi connectivity index (χ4v) is 1.61. The summed E-state index contributed by atoms with van der Waals surface area (Å²) in [7, 11) is 0. The summed E-state index contributed by atoms with van der Waals surface area (Å²) >= 11 is 2.75. The number of hydrogen-bond donors (Lipinski definition) is 3. The molecule has 1 aromatic rings.